The van der Waals surface area contributed by atoms with Crippen molar-refractivity contribution in [3.05, 3.63) is 59.2 Å². The van der Waals surface area contributed by atoms with Gasteiger partial charge in [-0.15, -0.1) is 0 Å². The van der Waals surface area contributed by atoms with E-state index in [1.165, 1.54) is 6.07 Å². The highest BCUT2D eigenvalue weighted by molar-refractivity contribution is 5.78. The summed E-state index contributed by atoms with van der Waals surface area (Å²) in [4.78, 5) is 16.7. The van der Waals surface area contributed by atoms with Crippen molar-refractivity contribution in [2.24, 2.45) is 11.3 Å². The standard InChI is InChI=1S/C26H28F3N3O3/c1-18-4-3-5-22(10-18)35-15-24(33)32-14-20-13-31(9-8-25(20,16-32)17-34-2)21-7-6-19(12-30)23(11-21)26(27,28)29/h3-7,10-11,20H,8-9,13-17H2,1-2H3/t20-,25+/m1/s1. The Kier molecular flexibility index (Phi) is 6.95. The van der Waals surface area contributed by atoms with E-state index in [4.69, 9.17) is 14.7 Å². The summed E-state index contributed by atoms with van der Waals surface area (Å²) < 4.78 is 51.6. The topological polar surface area (TPSA) is 65.8 Å². The van der Waals surface area contributed by atoms with E-state index in [1.54, 1.807) is 30.2 Å². The number of fused-ring (bicyclic) bond motifs is 1. The van der Waals surface area contributed by atoms with Crippen molar-refractivity contribution in [3.63, 3.8) is 0 Å². The minimum absolute atomic E-state index is 0.0316. The van der Waals surface area contributed by atoms with Gasteiger partial charge in [-0.3, -0.25) is 4.79 Å². The first-order valence-electron chi connectivity index (χ1n) is 11.5. The first-order chi connectivity index (χ1) is 16.6. The van der Waals surface area contributed by atoms with E-state index in [0.29, 0.717) is 50.6 Å². The number of halogens is 3. The number of amides is 1. The Balaban J connectivity index is 1.48. The van der Waals surface area contributed by atoms with Crippen LogP contribution in [0, 0.1) is 29.6 Å². The summed E-state index contributed by atoms with van der Waals surface area (Å²) in [6.07, 6.45) is -3.93. The number of nitrogens with zero attached hydrogens (tertiary/aromatic N) is 3. The van der Waals surface area contributed by atoms with Crippen LogP contribution in [0.25, 0.3) is 0 Å². The first-order valence-corrected chi connectivity index (χ1v) is 11.5. The van der Waals surface area contributed by atoms with Crippen LogP contribution in [0.4, 0.5) is 18.9 Å². The number of ether oxygens (including phenoxy) is 2. The number of rotatable bonds is 6. The van der Waals surface area contributed by atoms with Gasteiger partial charge in [0.15, 0.2) is 6.61 Å². The predicted octanol–water partition coefficient (Wildman–Crippen LogP) is 4.27. The second kappa shape index (κ2) is 9.78. The number of hydrogen-bond acceptors (Lipinski definition) is 5. The third-order valence-corrected chi connectivity index (χ3v) is 7.06. The summed E-state index contributed by atoms with van der Waals surface area (Å²) in [6.45, 7) is 4.38. The highest BCUT2D eigenvalue weighted by atomic mass is 19.4. The highest BCUT2D eigenvalue weighted by Gasteiger charge is 2.51. The molecule has 0 N–H and O–H groups in total. The van der Waals surface area contributed by atoms with Crippen LogP contribution in [0.3, 0.4) is 0 Å². The molecule has 0 aliphatic carbocycles. The van der Waals surface area contributed by atoms with Crippen molar-refractivity contribution >= 4 is 11.6 Å². The zero-order valence-corrected chi connectivity index (χ0v) is 19.8. The molecule has 0 spiro atoms. The molecule has 186 valence electrons. The molecule has 0 unspecified atom stereocenters. The molecule has 2 atom stereocenters. The number of nitriles is 1. The van der Waals surface area contributed by atoms with Gasteiger partial charge in [0.1, 0.15) is 5.75 Å². The van der Waals surface area contributed by atoms with Gasteiger partial charge < -0.3 is 19.3 Å². The summed E-state index contributed by atoms with van der Waals surface area (Å²) in [5.41, 5.74) is -0.113. The van der Waals surface area contributed by atoms with E-state index >= 15 is 0 Å². The number of methoxy groups -OCH3 is 1. The fourth-order valence-corrected chi connectivity index (χ4v) is 5.23. The van der Waals surface area contributed by atoms with Crippen LogP contribution in [0.2, 0.25) is 0 Å². The van der Waals surface area contributed by atoms with Crippen LogP contribution in [-0.4, -0.2) is 57.3 Å². The predicted molar refractivity (Wildman–Crippen MR) is 124 cm³/mol. The molecule has 2 aliphatic heterocycles. The lowest BCUT2D eigenvalue weighted by Crippen LogP contribution is -2.49. The van der Waals surface area contributed by atoms with Gasteiger partial charge in [0, 0.05) is 50.3 Å². The Morgan fingerprint density at radius 1 is 1.23 bits per heavy atom. The van der Waals surface area contributed by atoms with E-state index in [1.807, 2.05) is 30.0 Å². The molecule has 4 rings (SSSR count). The first kappa shape index (κ1) is 24.9. The van der Waals surface area contributed by atoms with Crippen molar-refractivity contribution in [1.82, 2.24) is 4.90 Å². The zero-order chi connectivity index (χ0) is 25.2. The highest BCUT2D eigenvalue weighted by Crippen LogP contribution is 2.45. The average Bonchev–Trinajstić information content (AvgIpc) is 3.20. The molecule has 1 amide bonds. The maximum atomic E-state index is 13.5. The third-order valence-electron chi connectivity index (χ3n) is 7.06. The lowest BCUT2D eigenvalue weighted by atomic mass is 9.73. The Hall–Kier alpha value is -3.25. The summed E-state index contributed by atoms with van der Waals surface area (Å²) in [5, 5.41) is 9.09. The van der Waals surface area contributed by atoms with Gasteiger partial charge >= 0.3 is 6.18 Å². The van der Waals surface area contributed by atoms with Gasteiger partial charge in [0.25, 0.3) is 5.91 Å². The molecule has 2 aromatic rings. The fourth-order valence-electron chi connectivity index (χ4n) is 5.23. The van der Waals surface area contributed by atoms with Crippen molar-refractivity contribution in [2.45, 2.75) is 19.5 Å². The molecule has 0 radical (unpaired) electrons. The molecule has 2 saturated heterocycles. The number of benzene rings is 2. The minimum Gasteiger partial charge on any atom is -0.484 e. The maximum absolute atomic E-state index is 13.5. The largest absolute Gasteiger partial charge is 0.484 e. The van der Waals surface area contributed by atoms with Crippen LogP contribution >= 0.6 is 0 Å². The second-order valence-corrected chi connectivity index (χ2v) is 9.41. The average molecular weight is 488 g/mol. The van der Waals surface area contributed by atoms with Crippen LogP contribution in [0.5, 0.6) is 5.75 Å². The number of carbonyl (C=O) groups excluding carboxylic acids is 1. The Morgan fingerprint density at radius 2 is 2.03 bits per heavy atom. The number of likely N-dealkylation sites (tertiary alicyclic amines) is 1. The smallest absolute Gasteiger partial charge is 0.417 e. The number of anilines is 1. The number of hydrogen-bond donors (Lipinski definition) is 0. The van der Waals surface area contributed by atoms with Crippen molar-refractivity contribution < 1.29 is 27.4 Å². The molecular weight excluding hydrogens is 459 g/mol. The van der Waals surface area contributed by atoms with Crippen LogP contribution < -0.4 is 9.64 Å². The lowest BCUT2D eigenvalue weighted by Gasteiger charge is -2.44. The Bertz CT molecular complexity index is 1130. The summed E-state index contributed by atoms with van der Waals surface area (Å²) >= 11 is 0. The molecule has 2 heterocycles. The molecule has 0 aromatic heterocycles. The molecule has 9 heteroatoms. The van der Waals surface area contributed by atoms with Crippen molar-refractivity contribution in [2.75, 3.05) is 51.4 Å². The van der Waals surface area contributed by atoms with Gasteiger partial charge in [-0.1, -0.05) is 12.1 Å². The van der Waals surface area contributed by atoms with Gasteiger partial charge in [-0.25, -0.2) is 0 Å². The normalized spacial score (nSPS) is 22.0. The number of alkyl halides is 3. The molecule has 0 saturated carbocycles. The van der Waals surface area contributed by atoms with E-state index < -0.39 is 17.3 Å². The summed E-state index contributed by atoms with van der Waals surface area (Å²) in [7, 11) is 1.62. The Labute approximate surface area is 202 Å². The summed E-state index contributed by atoms with van der Waals surface area (Å²) in [6, 6.07) is 13.0. The molecule has 2 aliphatic rings. The molecule has 6 nitrogen and oxygen atoms in total. The van der Waals surface area contributed by atoms with Crippen LogP contribution in [0.1, 0.15) is 23.1 Å². The summed E-state index contributed by atoms with van der Waals surface area (Å²) in [5.74, 6) is 0.541. The van der Waals surface area contributed by atoms with Crippen LogP contribution in [0.15, 0.2) is 42.5 Å². The SMILES string of the molecule is COC[C@@]12CCN(c3ccc(C#N)c(C(F)(F)F)c3)C[C@@H]1CN(C(=O)COc1cccc(C)c1)C2. The van der Waals surface area contributed by atoms with Crippen LogP contribution in [-0.2, 0) is 15.7 Å². The maximum Gasteiger partial charge on any atom is 0.417 e. The van der Waals surface area contributed by atoms with Crippen molar-refractivity contribution in [3.8, 4) is 11.8 Å². The van der Waals surface area contributed by atoms with Gasteiger partial charge in [-0.2, -0.15) is 18.4 Å². The van der Waals surface area contributed by atoms with E-state index in [9.17, 15) is 18.0 Å². The quantitative estimate of drug-likeness (QED) is 0.609. The second-order valence-electron chi connectivity index (χ2n) is 9.41. The van der Waals surface area contributed by atoms with Gasteiger partial charge in [-0.05, 0) is 49.2 Å². The lowest BCUT2D eigenvalue weighted by molar-refractivity contribution is -0.137. The van der Waals surface area contributed by atoms with E-state index in [-0.39, 0.29) is 23.8 Å². The van der Waals surface area contributed by atoms with Gasteiger partial charge in [0.2, 0.25) is 0 Å². The van der Waals surface area contributed by atoms with E-state index in [2.05, 4.69) is 0 Å². The number of carbonyl (C=O) groups is 1. The van der Waals surface area contributed by atoms with E-state index in [0.717, 1.165) is 11.6 Å². The zero-order valence-electron chi connectivity index (χ0n) is 19.8. The fraction of sp³-hybridized carbons (Fsp3) is 0.462. The monoisotopic (exact) mass is 487 g/mol. The third kappa shape index (κ3) is 5.22. The number of piperidine rings is 1. The molecular formula is C26H28F3N3O3. The number of aryl methyl sites for hydroxylation is 1. The van der Waals surface area contributed by atoms with Gasteiger partial charge in [0.05, 0.1) is 23.8 Å². The molecule has 2 fully saturated rings. The molecule has 0 bridgehead atoms. The van der Waals surface area contributed by atoms with Crippen molar-refractivity contribution in [1.29, 1.82) is 5.26 Å². The Morgan fingerprint density at radius 3 is 2.71 bits per heavy atom. The molecule has 35 heavy (non-hydrogen) atoms. The molecule has 2 aromatic carbocycles. The minimum atomic E-state index is -4.61.